The third-order valence-corrected chi connectivity index (χ3v) is 4.08. The number of benzene rings is 2. The highest BCUT2D eigenvalue weighted by molar-refractivity contribution is 6.00. The molecule has 0 unspecified atom stereocenters. The third kappa shape index (κ3) is 5.49. The van der Waals surface area contributed by atoms with Gasteiger partial charge in [-0.1, -0.05) is 43.0 Å². The van der Waals surface area contributed by atoms with Crippen molar-refractivity contribution in [3.05, 3.63) is 103 Å². The molecule has 1 heterocycles. The summed E-state index contributed by atoms with van der Waals surface area (Å²) in [6.07, 6.45) is 7.09. The summed E-state index contributed by atoms with van der Waals surface area (Å²) in [5.41, 5.74) is 10.7. The molecule has 0 atom stereocenters. The average molecular weight is 385 g/mol. The number of anilines is 2. The van der Waals surface area contributed by atoms with E-state index in [1.165, 1.54) is 0 Å². The number of nitrogens with one attached hydrogen (secondary N) is 2. The number of rotatable bonds is 6. The Morgan fingerprint density at radius 1 is 1.03 bits per heavy atom. The lowest BCUT2D eigenvalue weighted by molar-refractivity contribution is 0.262. The lowest BCUT2D eigenvalue weighted by Gasteiger charge is -2.10. The molecule has 0 saturated heterocycles. The molecule has 0 aliphatic rings. The SMILES string of the molecule is C=C/C=C(\C=C(\C)N)c1ccc(NC(=O)Nc2cccc(-c3ccco3)c2)cc1. The normalized spacial score (nSPS) is 11.8. The zero-order valence-electron chi connectivity index (χ0n) is 16.2. The molecule has 0 saturated carbocycles. The van der Waals surface area contributed by atoms with E-state index in [2.05, 4.69) is 17.2 Å². The first-order chi connectivity index (χ1) is 14.0. The second kappa shape index (κ2) is 9.28. The summed E-state index contributed by atoms with van der Waals surface area (Å²) < 4.78 is 5.40. The van der Waals surface area contributed by atoms with Crippen molar-refractivity contribution >= 4 is 23.0 Å². The van der Waals surface area contributed by atoms with Gasteiger partial charge in [-0.25, -0.2) is 4.79 Å². The molecule has 0 fully saturated rings. The molecule has 4 N–H and O–H groups in total. The second-order valence-corrected chi connectivity index (χ2v) is 6.46. The monoisotopic (exact) mass is 385 g/mol. The predicted molar refractivity (Wildman–Crippen MR) is 119 cm³/mol. The standard InChI is InChI=1S/C24H23N3O2/c1-3-6-19(15-17(2)25)18-10-12-21(13-11-18)26-24(28)27-22-8-4-7-20(16-22)23-9-5-14-29-23/h3-16H,1,25H2,2H3,(H2,26,27,28)/b17-15-,19-6+. The van der Waals surface area contributed by atoms with Gasteiger partial charge in [-0.3, -0.25) is 0 Å². The smallest absolute Gasteiger partial charge is 0.323 e. The van der Waals surface area contributed by atoms with E-state index in [9.17, 15) is 4.79 Å². The quantitative estimate of drug-likeness (QED) is 0.454. The van der Waals surface area contributed by atoms with Crippen LogP contribution in [0.25, 0.3) is 16.9 Å². The van der Waals surface area contributed by atoms with Crippen LogP contribution in [0.2, 0.25) is 0 Å². The van der Waals surface area contributed by atoms with Crippen LogP contribution in [0, 0.1) is 0 Å². The molecule has 3 aromatic rings. The Hall–Kier alpha value is -3.99. The van der Waals surface area contributed by atoms with Gasteiger partial charge >= 0.3 is 6.03 Å². The van der Waals surface area contributed by atoms with E-state index in [1.54, 1.807) is 12.3 Å². The largest absolute Gasteiger partial charge is 0.464 e. The first-order valence-electron chi connectivity index (χ1n) is 9.14. The van der Waals surface area contributed by atoms with E-state index in [0.29, 0.717) is 17.1 Å². The van der Waals surface area contributed by atoms with Crippen LogP contribution in [0.5, 0.6) is 0 Å². The topological polar surface area (TPSA) is 80.3 Å². The van der Waals surface area contributed by atoms with Crippen LogP contribution in [0.3, 0.4) is 0 Å². The number of furan rings is 1. The molecule has 0 radical (unpaired) electrons. The van der Waals surface area contributed by atoms with E-state index in [0.717, 1.165) is 22.5 Å². The Kier molecular flexibility index (Phi) is 6.32. The minimum atomic E-state index is -0.325. The van der Waals surface area contributed by atoms with Gasteiger partial charge in [-0.15, -0.1) is 0 Å². The number of hydrogen-bond acceptors (Lipinski definition) is 3. The summed E-state index contributed by atoms with van der Waals surface area (Å²) in [7, 11) is 0. The minimum absolute atomic E-state index is 0.325. The van der Waals surface area contributed by atoms with Crippen LogP contribution in [-0.2, 0) is 0 Å². The Labute approximate surface area is 170 Å². The molecule has 2 aromatic carbocycles. The van der Waals surface area contributed by atoms with Gasteiger partial charge in [0, 0.05) is 22.6 Å². The van der Waals surface area contributed by atoms with Crippen LogP contribution in [-0.4, -0.2) is 6.03 Å². The summed E-state index contributed by atoms with van der Waals surface area (Å²) in [4.78, 5) is 12.4. The highest BCUT2D eigenvalue weighted by atomic mass is 16.3. The molecule has 0 aliphatic heterocycles. The van der Waals surface area contributed by atoms with Crippen molar-refractivity contribution in [2.45, 2.75) is 6.92 Å². The number of allylic oxidation sites excluding steroid dienone is 5. The van der Waals surface area contributed by atoms with Crippen LogP contribution >= 0.6 is 0 Å². The molecule has 0 bridgehead atoms. The fraction of sp³-hybridized carbons (Fsp3) is 0.0417. The Morgan fingerprint density at radius 2 is 1.79 bits per heavy atom. The van der Waals surface area contributed by atoms with Gasteiger partial charge in [-0.2, -0.15) is 0 Å². The highest BCUT2D eigenvalue weighted by Crippen LogP contribution is 2.23. The molecule has 29 heavy (non-hydrogen) atoms. The van der Waals surface area contributed by atoms with Crippen LogP contribution < -0.4 is 16.4 Å². The number of hydrogen-bond donors (Lipinski definition) is 3. The number of urea groups is 1. The first kappa shape index (κ1) is 19.8. The molecule has 2 amide bonds. The molecular weight excluding hydrogens is 362 g/mol. The Morgan fingerprint density at radius 3 is 2.45 bits per heavy atom. The first-order valence-corrected chi connectivity index (χ1v) is 9.14. The molecule has 3 rings (SSSR count). The molecule has 1 aromatic heterocycles. The number of carbonyl (C=O) groups excluding carboxylic acids is 1. The van der Waals surface area contributed by atoms with Gasteiger partial charge < -0.3 is 20.8 Å². The van der Waals surface area contributed by atoms with Gasteiger partial charge in [0.05, 0.1) is 6.26 Å². The number of carbonyl (C=O) groups is 1. The van der Waals surface area contributed by atoms with Crippen LogP contribution in [0.15, 0.2) is 102 Å². The van der Waals surface area contributed by atoms with Gasteiger partial charge in [0.25, 0.3) is 0 Å². The molecule has 146 valence electrons. The van der Waals surface area contributed by atoms with Gasteiger partial charge in [0.1, 0.15) is 5.76 Å². The van der Waals surface area contributed by atoms with Crippen molar-refractivity contribution in [1.29, 1.82) is 0 Å². The number of amides is 2. The van der Waals surface area contributed by atoms with E-state index in [-0.39, 0.29) is 6.03 Å². The maximum Gasteiger partial charge on any atom is 0.323 e. The van der Waals surface area contributed by atoms with E-state index in [1.807, 2.05) is 79.7 Å². The highest BCUT2D eigenvalue weighted by Gasteiger charge is 2.06. The fourth-order valence-electron chi connectivity index (χ4n) is 2.83. The minimum Gasteiger partial charge on any atom is -0.464 e. The van der Waals surface area contributed by atoms with E-state index >= 15 is 0 Å². The number of nitrogens with two attached hydrogens (primary N) is 1. The maximum absolute atomic E-state index is 12.4. The van der Waals surface area contributed by atoms with Gasteiger partial charge in [0.2, 0.25) is 0 Å². The second-order valence-electron chi connectivity index (χ2n) is 6.46. The molecule has 5 heteroatoms. The van der Waals surface area contributed by atoms with Crippen molar-refractivity contribution in [3.8, 4) is 11.3 Å². The third-order valence-electron chi connectivity index (χ3n) is 4.08. The van der Waals surface area contributed by atoms with Gasteiger partial charge in [-0.05, 0) is 60.5 Å². The molecule has 5 nitrogen and oxygen atoms in total. The van der Waals surface area contributed by atoms with Crippen molar-refractivity contribution in [3.63, 3.8) is 0 Å². The Bertz CT molecular complexity index is 1040. The van der Waals surface area contributed by atoms with Crippen molar-refractivity contribution in [2.24, 2.45) is 5.73 Å². The summed E-state index contributed by atoms with van der Waals surface area (Å²) >= 11 is 0. The van der Waals surface area contributed by atoms with Crippen molar-refractivity contribution in [2.75, 3.05) is 10.6 Å². The summed E-state index contributed by atoms with van der Waals surface area (Å²) in [6.45, 7) is 5.57. The lowest BCUT2D eigenvalue weighted by atomic mass is 10.0. The predicted octanol–water partition coefficient (Wildman–Crippen LogP) is 6.02. The van der Waals surface area contributed by atoms with Crippen LogP contribution in [0.4, 0.5) is 16.2 Å². The average Bonchev–Trinajstić information content (AvgIpc) is 3.23. The Balaban J connectivity index is 1.67. The van der Waals surface area contributed by atoms with E-state index < -0.39 is 0 Å². The summed E-state index contributed by atoms with van der Waals surface area (Å²) in [6, 6.07) is 18.4. The molecule has 0 spiro atoms. The van der Waals surface area contributed by atoms with Crippen molar-refractivity contribution < 1.29 is 9.21 Å². The summed E-state index contributed by atoms with van der Waals surface area (Å²) in [5.74, 6) is 0.745. The zero-order valence-corrected chi connectivity index (χ0v) is 16.2. The molecule has 0 aliphatic carbocycles. The van der Waals surface area contributed by atoms with Crippen LogP contribution in [0.1, 0.15) is 12.5 Å². The van der Waals surface area contributed by atoms with Gasteiger partial charge in [0.15, 0.2) is 0 Å². The molecular formula is C24H23N3O2. The van der Waals surface area contributed by atoms with Crippen molar-refractivity contribution in [1.82, 2.24) is 0 Å². The fourth-order valence-corrected chi connectivity index (χ4v) is 2.83. The van der Waals surface area contributed by atoms with E-state index in [4.69, 9.17) is 10.2 Å². The lowest BCUT2D eigenvalue weighted by Crippen LogP contribution is -2.19. The summed E-state index contributed by atoms with van der Waals surface area (Å²) in [5, 5.41) is 5.66. The maximum atomic E-state index is 12.4. The zero-order chi connectivity index (χ0) is 20.6.